The number of aliphatic hydroxyl groups is 1. The van der Waals surface area contributed by atoms with Gasteiger partial charge in [-0.2, -0.15) is 0 Å². The number of imide groups is 1. The predicted octanol–water partition coefficient (Wildman–Crippen LogP) is -0.738. The third-order valence-corrected chi connectivity index (χ3v) is 5.60. The minimum atomic E-state index is -0.713. The summed E-state index contributed by atoms with van der Waals surface area (Å²) in [5.74, 6) is -0.847. The van der Waals surface area contributed by atoms with Crippen LogP contribution in [0, 0.1) is 0 Å². The van der Waals surface area contributed by atoms with Crippen LogP contribution < -0.4 is 16.0 Å². The van der Waals surface area contributed by atoms with Crippen LogP contribution in [0.2, 0.25) is 0 Å². The minimum absolute atomic E-state index is 0.167. The van der Waals surface area contributed by atoms with Crippen molar-refractivity contribution >= 4 is 17.7 Å². The highest BCUT2D eigenvalue weighted by Crippen LogP contribution is 2.28. The van der Waals surface area contributed by atoms with Crippen LogP contribution >= 0.6 is 0 Å². The molecule has 8 nitrogen and oxygen atoms in total. The molecule has 3 heterocycles. The van der Waals surface area contributed by atoms with Crippen molar-refractivity contribution in [3.05, 3.63) is 34.9 Å². The Morgan fingerprint density at radius 2 is 2.15 bits per heavy atom. The highest BCUT2D eigenvalue weighted by Gasteiger charge is 2.39. The Morgan fingerprint density at radius 1 is 1.30 bits per heavy atom. The van der Waals surface area contributed by atoms with Crippen LogP contribution in [0.25, 0.3) is 0 Å². The summed E-state index contributed by atoms with van der Waals surface area (Å²) in [5, 5.41) is 19.1. The molecule has 2 unspecified atom stereocenters. The van der Waals surface area contributed by atoms with Gasteiger partial charge in [0.05, 0.1) is 5.60 Å². The molecule has 144 valence electrons. The third-order valence-electron chi connectivity index (χ3n) is 5.60. The molecule has 2 fully saturated rings. The van der Waals surface area contributed by atoms with Crippen LogP contribution in [-0.2, 0) is 22.7 Å². The van der Waals surface area contributed by atoms with Gasteiger partial charge in [0.1, 0.15) is 6.04 Å². The Balaban J connectivity index is 1.40. The normalized spacial score (nSPS) is 27.8. The van der Waals surface area contributed by atoms with Gasteiger partial charge in [-0.3, -0.25) is 19.7 Å². The fraction of sp³-hybridized carbons (Fsp3) is 0.526. The summed E-state index contributed by atoms with van der Waals surface area (Å²) in [6.07, 6.45) is 1.35. The molecule has 3 amide bonds. The van der Waals surface area contributed by atoms with Gasteiger partial charge in [-0.15, -0.1) is 0 Å². The van der Waals surface area contributed by atoms with Crippen LogP contribution in [0.3, 0.4) is 0 Å². The molecule has 0 spiro atoms. The number of nitrogens with one attached hydrogen (secondary N) is 3. The van der Waals surface area contributed by atoms with E-state index < -0.39 is 17.6 Å². The molecule has 4 N–H and O–H groups in total. The van der Waals surface area contributed by atoms with Gasteiger partial charge in [0.15, 0.2) is 0 Å². The summed E-state index contributed by atoms with van der Waals surface area (Å²) in [7, 11) is 0. The molecule has 0 aliphatic carbocycles. The summed E-state index contributed by atoms with van der Waals surface area (Å²) in [6.45, 7) is 2.85. The number of β-amino-alcohol motifs (C(OH)–C–C–N with tert-alkyl or cyclic N) is 1. The van der Waals surface area contributed by atoms with E-state index in [2.05, 4.69) is 16.0 Å². The smallest absolute Gasteiger partial charge is 0.255 e. The van der Waals surface area contributed by atoms with Gasteiger partial charge in [0.25, 0.3) is 5.91 Å². The van der Waals surface area contributed by atoms with Gasteiger partial charge in [-0.25, -0.2) is 0 Å². The van der Waals surface area contributed by atoms with E-state index in [1.54, 1.807) is 4.90 Å². The first-order valence-corrected chi connectivity index (χ1v) is 9.35. The second-order valence-corrected chi connectivity index (χ2v) is 7.65. The van der Waals surface area contributed by atoms with E-state index in [1.807, 2.05) is 18.2 Å². The Morgan fingerprint density at radius 3 is 2.89 bits per heavy atom. The Labute approximate surface area is 157 Å². The lowest BCUT2D eigenvalue weighted by atomic mass is 10.0. The zero-order valence-electron chi connectivity index (χ0n) is 15.1. The minimum Gasteiger partial charge on any atom is -0.387 e. The van der Waals surface area contributed by atoms with Crippen LogP contribution in [-0.4, -0.2) is 59.0 Å². The lowest BCUT2D eigenvalue weighted by Gasteiger charge is -2.29. The second kappa shape index (κ2) is 7.03. The zero-order chi connectivity index (χ0) is 19.0. The van der Waals surface area contributed by atoms with Gasteiger partial charge in [-0.05, 0) is 36.6 Å². The van der Waals surface area contributed by atoms with E-state index in [1.165, 1.54) is 0 Å². The zero-order valence-corrected chi connectivity index (χ0v) is 15.1. The topological polar surface area (TPSA) is 111 Å². The molecular weight excluding hydrogens is 348 g/mol. The number of piperidine rings is 1. The first-order valence-electron chi connectivity index (χ1n) is 9.35. The van der Waals surface area contributed by atoms with Gasteiger partial charge < -0.3 is 20.6 Å². The van der Waals surface area contributed by atoms with Crippen molar-refractivity contribution in [2.45, 2.75) is 44.0 Å². The number of benzene rings is 1. The number of carbonyl (C=O) groups is 3. The molecule has 0 bridgehead atoms. The van der Waals surface area contributed by atoms with Gasteiger partial charge in [0, 0.05) is 38.2 Å². The molecule has 1 aromatic rings. The molecule has 2 atom stereocenters. The number of rotatable bonds is 5. The predicted molar refractivity (Wildman–Crippen MR) is 96.6 cm³/mol. The molecule has 0 radical (unpaired) electrons. The number of nitrogens with zero attached hydrogens (tertiary/aromatic N) is 1. The van der Waals surface area contributed by atoms with E-state index in [0.29, 0.717) is 38.2 Å². The third kappa shape index (κ3) is 3.60. The molecule has 2 saturated heterocycles. The van der Waals surface area contributed by atoms with Gasteiger partial charge in [0.2, 0.25) is 11.8 Å². The van der Waals surface area contributed by atoms with Gasteiger partial charge >= 0.3 is 0 Å². The SMILES string of the molecule is O=C1CCC(N2Cc3ccc(CNCC4(O)CCNC4)cc3C2=O)C(=O)N1. The van der Waals surface area contributed by atoms with Crippen molar-refractivity contribution in [2.75, 3.05) is 19.6 Å². The van der Waals surface area contributed by atoms with E-state index >= 15 is 0 Å². The monoisotopic (exact) mass is 372 g/mol. The Bertz CT molecular complexity index is 788. The molecular formula is C19H24N4O4. The van der Waals surface area contributed by atoms with Crippen molar-refractivity contribution in [1.29, 1.82) is 0 Å². The van der Waals surface area contributed by atoms with Crippen molar-refractivity contribution < 1.29 is 19.5 Å². The highest BCUT2D eigenvalue weighted by atomic mass is 16.3. The van der Waals surface area contributed by atoms with Gasteiger partial charge in [-0.1, -0.05) is 12.1 Å². The summed E-state index contributed by atoms with van der Waals surface area (Å²) >= 11 is 0. The van der Waals surface area contributed by atoms with Crippen molar-refractivity contribution in [3.63, 3.8) is 0 Å². The fourth-order valence-electron chi connectivity index (χ4n) is 4.03. The fourth-order valence-corrected chi connectivity index (χ4v) is 4.03. The molecule has 1 aromatic carbocycles. The van der Waals surface area contributed by atoms with Crippen molar-refractivity contribution in [3.8, 4) is 0 Å². The number of carbonyl (C=O) groups excluding carboxylic acids is 3. The summed E-state index contributed by atoms with van der Waals surface area (Å²) < 4.78 is 0. The average Bonchev–Trinajstić information content (AvgIpc) is 3.20. The maximum absolute atomic E-state index is 12.8. The second-order valence-electron chi connectivity index (χ2n) is 7.65. The largest absolute Gasteiger partial charge is 0.387 e. The molecule has 27 heavy (non-hydrogen) atoms. The van der Waals surface area contributed by atoms with Crippen LogP contribution in [0.15, 0.2) is 18.2 Å². The molecule has 3 aliphatic heterocycles. The number of amides is 3. The standard InChI is InChI=1S/C19H24N4O4/c24-16-4-3-15(17(25)22-16)23-9-13-2-1-12(7-14(13)18(23)26)8-21-11-19(27)5-6-20-10-19/h1-2,7,15,20-21,27H,3-6,8-11H2,(H,22,24,25). The number of hydrogen-bond acceptors (Lipinski definition) is 6. The van der Waals surface area contributed by atoms with Crippen LogP contribution in [0.1, 0.15) is 40.7 Å². The first-order chi connectivity index (χ1) is 13.0. The quantitative estimate of drug-likeness (QED) is 0.507. The molecule has 4 rings (SSSR count). The summed E-state index contributed by atoms with van der Waals surface area (Å²) in [5.41, 5.74) is 1.75. The van der Waals surface area contributed by atoms with Crippen molar-refractivity contribution in [2.24, 2.45) is 0 Å². The van der Waals surface area contributed by atoms with E-state index in [0.717, 1.165) is 24.1 Å². The van der Waals surface area contributed by atoms with E-state index in [4.69, 9.17) is 0 Å². The molecule has 8 heteroatoms. The number of fused-ring (bicyclic) bond motifs is 1. The van der Waals surface area contributed by atoms with E-state index in [9.17, 15) is 19.5 Å². The average molecular weight is 372 g/mol. The Kier molecular flexibility index (Phi) is 4.71. The van der Waals surface area contributed by atoms with Crippen molar-refractivity contribution in [1.82, 2.24) is 20.9 Å². The van der Waals surface area contributed by atoms with E-state index in [-0.39, 0.29) is 18.2 Å². The molecule has 3 aliphatic rings. The maximum Gasteiger partial charge on any atom is 0.255 e. The summed E-state index contributed by atoms with van der Waals surface area (Å²) in [6, 6.07) is 5.15. The highest BCUT2D eigenvalue weighted by molar-refractivity contribution is 6.05. The molecule has 0 saturated carbocycles. The maximum atomic E-state index is 12.8. The lowest BCUT2D eigenvalue weighted by Crippen LogP contribution is -2.52. The lowest BCUT2D eigenvalue weighted by molar-refractivity contribution is -0.136. The van der Waals surface area contributed by atoms with Crippen LogP contribution in [0.4, 0.5) is 0 Å². The Hall–Kier alpha value is -2.29. The number of hydrogen-bond donors (Lipinski definition) is 4. The first kappa shape index (κ1) is 18.1. The molecule has 0 aromatic heterocycles. The van der Waals surface area contributed by atoms with Crippen LogP contribution in [0.5, 0.6) is 0 Å². The summed E-state index contributed by atoms with van der Waals surface area (Å²) in [4.78, 5) is 37.8.